The van der Waals surface area contributed by atoms with E-state index in [1.807, 2.05) is 0 Å². The fraction of sp³-hybridized carbons (Fsp3) is 0.667. The molecule has 0 aliphatic rings. The van der Waals surface area contributed by atoms with E-state index >= 15 is 0 Å². The van der Waals surface area contributed by atoms with E-state index < -0.39 is 0 Å². The third-order valence-electron chi connectivity index (χ3n) is 0.412. The van der Waals surface area contributed by atoms with Gasteiger partial charge in [0.2, 0.25) is 5.91 Å². The molecule has 7 heavy (non-hydrogen) atoms. The first-order valence-corrected chi connectivity index (χ1v) is 2.13. The zero-order valence-electron chi connectivity index (χ0n) is 3.92. The monoisotopic (exact) mass is 141 g/mol. The van der Waals surface area contributed by atoms with Crippen LogP contribution in [0.25, 0.3) is 0 Å². The Balaban J connectivity index is 0. The first-order valence-electron chi connectivity index (χ1n) is 1.62. The van der Waals surface area contributed by atoms with Gasteiger partial charge in [-0.25, -0.2) is 0 Å². The molecule has 2 nitrogen and oxygen atoms in total. The second kappa shape index (κ2) is 4.27. The minimum atomic E-state index is -0.377. The predicted octanol–water partition coefficient (Wildman–Crippen LogP) is 0.212. The number of hydrogen-bond acceptors (Lipinski definition) is 2. The molecule has 0 saturated heterocycles. The van der Waals surface area contributed by atoms with Gasteiger partial charge in [-0.15, -0.1) is 12.4 Å². The predicted molar refractivity (Wildman–Crippen MR) is 34.9 cm³/mol. The normalized spacial score (nSPS) is 11.7. The Morgan fingerprint density at radius 2 is 2.00 bits per heavy atom. The summed E-state index contributed by atoms with van der Waals surface area (Å²) in [6.45, 7) is 1.63. The number of nitrogens with two attached hydrogens (primary N) is 1. The maximum Gasteiger partial charge on any atom is 0.229 e. The van der Waals surface area contributed by atoms with Gasteiger partial charge in [0.1, 0.15) is 0 Å². The van der Waals surface area contributed by atoms with Gasteiger partial charge in [-0.2, -0.15) is 12.6 Å². The maximum atomic E-state index is 9.84. The number of primary amides is 1. The van der Waals surface area contributed by atoms with Crippen LogP contribution in [0.15, 0.2) is 0 Å². The van der Waals surface area contributed by atoms with Crippen LogP contribution >= 0.6 is 25.0 Å². The Bertz CT molecular complexity index is 66.0. The molecule has 0 aliphatic carbocycles. The highest BCUT2D eigenvalue weighted by Gasteiger charge is 1.97. The van der Waals surface area contributed by atoms with E-state index in [-0.39, 0.29) is 23.6 Å². The molecule has 4 heteroatoms. The van der Waals surface area contributed by atoms with Gasteiger partial charge in [0, 0.05) is 0 Å². The van der Waals surface area contributed by atoms with Crippen molar-refractivity contribution in [2.45, 2.75) is 12.2 Å². The fourth-order valence-corrected chi connectivity index (χ4v) is 0. The molecular weight excluding hydrogens is 134 g/mol. The van der Waals surface area contributed by atoms with Crippen molar-refractivity contribution in [3.05, 3.63) is 0 Å². The van der Waals surface area contributed by atoms with Crippen LogP contribution in [0.3, 0.4) is 0 Å². The van der Waals surface area contributed by atoms with E-state index in [9.17, 15) is 4.79 Å². The lowest BCUT2D eigenvalue weighted by molar-refractivity contribution is -0.117. The third-order valence-corrected chi connectivity index (χ3v) is 0.666. The summed E-state index contributed by atoms with van der Waals surface area (Å²) in [5.74, 6) is -0.377. The van der Waals surface area contributed by atoms with Crippen molar-refractivity contribution in [2.75, 3.05) is 0 Å². The molecule has 0 aromatic carbocycles. The van der Waals surface area contributed by atoms with Crippen LogP contribution in [-0.4, -0.2) is 11.2 Å². The summed E-state index contributed by atoms with van der Waals surface area (Å²) in [7, 11) is 0. The molecule has 1 atom stereocenters. The fourth-order valence-electron chi connectivity index (χ4n) is 0. The first kappa shape index (κ1) is 10.2. The summed E-state index contributed by atoms with van der Waals surface area (Å²) >= 11 is 3.72. The Morgan fingerprint density at radius 3 is 2.00 bits per heavy atom. The van der Waals surface area contributed by atoms with Gasteiger partial charge in [0.15, 0.2) is 0 Å². The molecule has 44 valence electrons. The van der Waals surface area contributed by atoms with Crippen molar-refractivity contribution >= 4 is 30.9 Å². The third kappa shape index (κ3) is 6.11. The van der Waals surface area contributed by atoms with Crippen LogP contribution in [-0.2, 0) is 4.79 Å². The van der Waals surface area contributed by atoms with Gasteiger partial charge in [0.25, 0.3) is 0 Å². The number of hydrogen-bond donors (Lipinski definition) is 2. The second-order valence-corrected chi connectivity index (χ2v) is 1.85. The summed E-state index contributed by atoms with van der Waals surface area (Å²) in [4.78, 5) is 9.84. The van der Waals surface area contributed by atoms with Gasteiger partial charge in [-0.05, 0) is 6.92 Å². The molecule has 0 aliphatic heterocycles. The van der Waals surface area contributed by atoms with E-state index in [0.29, 0.717) is 0 Å². The quantitative estimate of drug-likeness (QED) is 0.504. The Morgan fingerprint density at radius 1 is 1.86 bits per heavy atom. The lowest BCUT2D eigenvalue weighted by Crippen LogP contribution is -2.20. The molecule has 0 fully saturated rings. The Labute approximate surface area is 54.3 Å². The number of thiol groups is 1. The zero-order chi connectivity index (χ0) is 5.15. The van der Waals surface area contributed by atoms with E-state index in [1.165, 1.54) is 0 Å². The second-order valence-electron chi connectivity index (χ2n) is 1.08. The maximum absolute atomic E-state index is 9.84. The molecule has 2 N–H and O–H groups in total. The van der Waals surface area contributed by atoms with Gasteiger partial charge in [-0.1, -0.05) is 0 Å². The highest BCUT2D eigenvalue weighted by Crippen LogP contribution is 1.86. The van der Waals surface area contributed by atoms with Crippen molar-refractivity contribution in [3.8, 4) is 0 Å². The molecule has 0 aromatic heterocycles. The Kier molecular flexibility index (Phi) is 6.21. The van der Waals surface area contributed by atoms with Crippen LogP contribution in [0.2, 0.25) is 0 Å². The van der Waals surface area contributed by atoms with Crippen molar-refractivity contribution < 1.29 is 4.79 Å². The van der Waals surface area contributed by atoms with Crippen molar-refractivity contribution in [1.82, 2.24) is 0 Å². The molecule has 1 amide bonds. The molecule has 0 rings (SSSR count). The van der Waals surface area contributed by atoms with Crippen molar-refractivity contribution in [1.29, 1.82) is 0 Å². The minimum absolute atomic E-state index is 0. The lowest BCUT2D eigenvalue weighted by atomic mass is 10.5. The summed E-state index contributed by atoms with van der Waals surface area (Å²) in [6, 6.07) is 0. The lowest BCUT2D eigenvalue weighted by Gasteiger charge is -1.90. The molecule has 0 saturated carbocycles. The minimum Gasteiger partial charge on any atom is -0.369 e. The van der Waals surface area contributed by atoms with Crippen molar-refractivity contribution in [3.63, 3.8) is 0 Å². The highest BCUT2D eigenvalue weighted by atomic mass is 35.5. The molecule has 0 spiro atoms. The van der Waals surface area contributed by atoms with Gasteiger partial charge in [0.05, 0.1) is 5.25 Å². The molecule has 0 radical (unpaired) electrons. The first-order chi connectivity index (χ1) is 2.64. The average Bonchev–Trinajstić information content (AvgIpc) is 1.36. The summed E-state index contributed by atoms with van der Waals surface area (Å²) in [5.41, 5.74) is 4.72. The summed E-state index contributed by atoms with van der Waals surface area (Å²) < 4.78 is 0. The number of amides is 1. The van der Waals surface area contributed by atoms with E-state index in [4.69, 9.17) is 5.73 Å². The van der Waals surface area contributed by atoms with Gasteiger partial charge < -0.3 is 5.73 Å². The zero-order valence-corrected chi connectivity index (χ0v) is 5.63. The number of rotatable bonds is 1. The van der Waals surface area contributed by atoms with Crippen molar-refractivity contribution in [2.24, 2.45) is 5.73 Å². The standard InChI is InChI=1S/C3H7NOS.ClH/c1-2(6)3(4)5;/h2,6H,1H3,(H2,4,5);1H. The topological polar surface area (TPSA) is 43.1 Å². The number of halogens is 1. The molecular formula is C3H8ClNOS. The largest absolute Gasteiger partial charge is 0.369 e. The number of carbonyl (C=O) groups excluding carboxylic acids is 1. The summed E-state index contributed by atoms with van der Waals surface area (Å²) in [5, 5.41) is -0.315. The SMILES string of the molecule is CC(S)C(N)=O.Cl. The highest BCUT2D eigenvalue weighted by molar-refractivity contribution is 7.81. The summed E-state index contributed by atoms with van der Waals surface area (Å²) in [6.07, 6.45) is 0. The van der Waals surface area contributed by atoms with Crippen LogP contribution < -0.4 is 5.73 Å². The molecule has 1 unspecified atom stereocenters. The molecule has 0 heterocycles. The van der Waals surface area contributed by atoms with Crippen LogP contribution in [0, 0.1) is 0 Å². The molecule has 0 bridgehead atoms. The van der Waals surface area contributed by atoms with Crippen LogP contribution in [0.4, 0.5) is 0 Å². The Hall–Kier alpha value is 0.110. The average molecular weight is 142 g/mol. The van der Waals surface area contributed by atoms with Crippen LogP contribution in [0.1, 0.15) is 6.92 Å². The number of carbonyl (C=O) groups is 1. The van der Waals surface area contributed by atoms with E-state index in [0.717, 1.165) is 0 Å². The molecule has 0 aromatic rings. The van der Waals surface area contributed by atoms with Gasteiger partial charge >= 0.3 is 0 Å². The van der Waals surface area contributed by atoms with Gasteiger partial charge in [-0.3, -0.25) is 4.79 Å². The smallest absolute Gasteiger partial charge is 0.229 e. The van der Waals surface area contributed by atoms with Crippen LogP contribution in [0.5, 0.6) is 0 Å². The van der Waals surface area contributed by atoms with E-state index in [2.05, 4.69) is 12.6 Å². The van der Waals surface area contributed by atoms with E-state index in [1.54, 1.807) is 6.92 Å².